The molecule has 0 bridgehead atoms. The molecule has 2 aromatic heterocycles. The minimum absolute atomic E-state index is 0.0739. The van der Waals surface area contributed by atoms with Gasteiger partial charge in [0.1, 0.15) is 0 Å². The third-order valence-electron chi connectivity index (χ3n) is 2.80. The molecule has 0 atom stereocenters. The van der Waals surface area contributed by atoms with Crippen molar-refractivity contribution in [1.82, 2.24) is 15.1 Å². The number of nitrogens with zero attached hydrogens (tertiary/aromatic N) is 2. The third-order valence-corrected chi connectivity index (χ3v) is 3.74. The number of carbonyl (C=O) groups is 1. The molecule has 6 heteroatoms. The summed E-state index contributed by atoms with van der Waals surface area (Å²) < 4.78 is 1.63. The van der Waals surface area contributed by atoms with Gasteiger partial charge in [-0.05, 0) is 13.0 Å². The molecule has 1 amide bonds. The first kappa shape index (κ1) is 15.3. The fraction of sp³-hybridized carbons (Fsp3) is 0.333. The molecule has 110 valence electrons. The Morgan fingerprint density at radius 1 is 1.57 bits per heavy atom. The van der Waals surface area contributed by atoms with Crippen LogP contribution in [-0.2, 0) is 13.6 Å². The van der Waals surface area contributed by atoms with E-state index in [4.69, 9.17) is 5.11 Å². The average Bonchev–Trinajstić information content (AvgIpc) is 3.03. The van der Waals surface area contributed by atoms with E-state index in [1.165, 1.54) is 0 Å². The van der Waals surface area contributed by atoms with Crippen LogP contribution >= 0.6 is 11.3 Å². The fourth-order valence-corrected chi connectivity index (χ4v) is 2.60. The smallest absolute Gasteiger partial charge is 0.255 e. The van der Waals surface area contributed by atoms with Crippen LogP contribution in [-0.4, -0.2) is 27.4 Å². The summed E-state index contributed by atoms with van der Waals surface area (Å²) >= 11 is 1.55. The van der Waals surface area contributed by atoms with Crippen LogP contribution in [0.15, 0.2) is 17.6 Å². The van der Waals surface area contributed by atoms with Gasteiger partial charge in [0.25, 0.3) is 5.91 Å². The number of aliphatic hydroxyl groups excluding tert-OH is 1. The molecule has 21 heavy (non-hydrogen) atoms. The molecule has 0 saturated carbocycles. The van der Waals surface area contributed by atoms with E-state index in [-0.39, 0.29) is 12.5 Å². The van der Waals surface area contributed by atoms with Crippen LogP contribution in [0.4, 0.5) is 0 Å². The zero-order chi connectivity index (χ0) is 15.2. The maximum absolute atomic E-state index is 12.1. The topological polar surface area (TPSA) is 67.2 Å². The van der Waals surface area contributed by atoms with E-state index < -0.39 is 0 Å². The summed E-state index contributed by atoms with van der Waals surface area (Å²) in [4.78, 5) is 13.1. The summed E-state index contributed by atoms with van der Waals surface area (Å²) in [6, 6.07) is 1.95. The Morgan fingerprint density at radius 3 is 3.05 bits per heavy atom. The standard InChI is InChI=1S/C15H17N3O2S/c1-11-14(9-18(2)17-11)15(20)16-8-13-7-12(10-21-13)5-3-4-6-19/h7,9-10,19H,4,6,8H2,1-2H3,(H,16,20). The summed E-state index contributed by atoms with van der Waals surface area (Å²) in [5.74, 6) is 5.72. The first-order chi connectivity index (χ1) is 10.1. The monoisotopic (exact) mass is 303 g/mol. The quantitative estimate of drug-likeness (QED) is 0.840. The molecule has 0 fully saturated rings. The molecule has 0 spiro atoms. The molecule has 0 aliphatic rings. The highest BCUT2D eigenvalue weighted by molar-refractivity contribution is 7.10. The molecule has 0 unspecified atom stereocenters. The van der Waals surface area contributed by atoms with Crippen molar-refractivity contribution >= 4 is 17.2 Å². The van der Waals surface area contributed by atoms with Gasteiger partial charge in [0.15, 0.2) is 0 Å². The van der Waals surface area contributed by atoms with Gasteiger partial charge >= 0.3 is 0 Å². The van der Waals surface area contributed by atoms with E-state index >= 15 is 0 Å². The number of amides is 1. The van der Waals surface area contributed by atoms with E-state index in [1.54, 1.807) is 29.3 Å². The molecule has 5 nitrogen and oxygen atoms in total. The van der Waals surface area contributed by atoms with Crippen LogP contribution in [0.3, 0.4) is 0 Å². The van der Waals surface area contributed by atoms with Crippen molar-refractivity contribution in [3.8, 4) is 11.8 Å². The number of rotatable bonds is 4. The SMILES string of the molecule is Cc1nn(C)cc1C(=O)NCc1cc(C#CCCO)cs1. The van der Waals surface area contributed by atoms with Crippen molar-refractivity contribution in [3.05, 3.63) is 39.3 Å². The maximum Gasteiger partial charge on any atom is 0.255 e. The number of hydrogen-bond donors (Lipinski definition) is 2. The van der Waals surface area contributed by atoms with Crippen molar-refractivity contribution in [3.63, 3.8) is 0 Å². The van der Waals surface area contributed by atoms with E-state index in [0.717, 1.165) is 16.1 Å². The Balaban J connectivity index is 1.93. The van der Waals surface area contributed by atoms with Gasteiger partial charge in [-0.3, -0.25) is 9.48 Å². The summed E-state index contributed by atoms with van der Waals surface area (Å²) in [7, 11) is 1.79. The molecule has 0 saturated heterocycles. The van der Waals surface area contributed by atoms with Crippen molar-refractivity contribution in [1.29, 1.82) is 0 Å². The van der Waals surface area contributed by atoms with Gasteiger partial charge in [0, 0.05) is 35.5 Å². The minimum Gasteiger partial charge on any atom is -0.395 e. The van der Waals surface area contributed by atoms with Crippen LogP contribution in [0.25, 0.3) is 0 Å². The lowest BCUT2D eigenvalue weighted by Crippen LogP contribution is -2.22. The number of aromatic nitrogens is 2. The molecule has 2 aromatic rings. The number of nitrogens with one attached hydrogen (secondary N) is 1. The second-order valence-corrected chi connectivity index (χ2v) is 5.56. The van der Waals surface area contributed by atoms with Gasteiger partial charge in [-0.1, -0.05) is 11.8 Å². The first-order valence-corrected chi connectivity index (χ1v) is 7.43. The highest BCUT2D eigenvalue weighted by Gasteiger charge is 2.12. The summed E-state index contributed by atoms with van der Waals surface area (Å²) in [5.41, 5.74) is 2.23. The van der Waals surface area contributed by atoms with Crippen molar-refractivity contribution in [2.24, 2.45) is 7.05 Å². The van der Waals surface area contributed by atoms with Crippen LogP contribution in [0.5, 0.6) is 0 Å². The maximum atomic E-state index is 12.1. The van der Waals surface area contributed by atoms with Crippen LogP contribution < -0.4 is 5.32 Å². The summed E-state index contributed by atoms with van der Waals surface area (Å²) in [6.07, 6.45) is 2.19. The van der Waals surface area contributed by atoms with E-state index in [9.17, 15) is 4.79 Å². The number of carbonyl (C=O) groups excluding carboxylic acids is 1. The number of aliphatic hydroxyl groups is 1. The lowest BCUT2D eigenvalue weighted by Gasteiger charge is -2.01. The highest BCUT2D eigenvalue weighted by Crippen LogP contribution is 2.14. The normalized spacial score (nSPS) is 10.0. The van der Waals surface area contributed by atoms with Crippen LogP contribution in [0, 0.1) is 18.8 Å². The summed E-state index contributed by atoms with van der Waals surface area (Å²) in [5, 5.41) is 17.7. The fourth-order valence-electron chi connectivity index (χ4n) is 1.84. The van der Waals surface area contributed by atoms with Gasteiger partial charge in [-0.25, -0.2) is 0 Å². The van der Waals surface area contributed by atoms with Crippen LogP contribution in [0.2, 0.25) is 0 Å². The molecule has 2 rings (SSSR count). The van der Waals surface area contributed by atoms with Gasteiger partial charge < -0.3 is 10.4 Å². The highest BCUT2D eigenvalue weighted by atomic mass is 32.1. The molecule has 0 aliphatic heterocycles. The second kappa shape index (κ2) is 7.07. The third kappa shape index (κ3) is 4.18. The van der Waals surface area contributed by atoms with Gasteiger partial charge in [-0.2, -0.15) is 5.10 Å². The Bertz CT molecular complexity index is 691. The first-order valence-electron chi connectivity index (χ1n) is 6.55. The van der Waals surface area contributed by atoms with E-state index in [2.05, 4.69) is 22.3 Å². The van der Waals surface area contributed by atoms with Crippen LogP contribution in [0.1, 0.15) is 32.9 Å². The molecule has 2 heterocycles. The Hall–Kier alpha value is -2.10. The zero-order valence-corrected chi connectivity index (χ0v) is 12.8. The Labute approximate surface area is 127 Å². The lowest BCUT2D eigenvalue weighted by atomic mass is 10.2. The molecule has 0 radical (unpaired) electrons. The van der Waals surface area contributed by atoms with Crippen molar-refractivity contribution < 1.29 is 9.90 Å². The molecule has 0 aliphatic carbocycles. The number of hydrogen-bond acceptors (Lipinski definition) is 4. The average molecular weight is 303 g/mol. The molecular weight excluding hydrogens is 286 g/mol. The van der Waals surface area contributed by atoms with Gasteiger partial charge in [0.05, 0.1) is 24.4 Å². The molecule has 2 N–H and O–H groups in total. The predicted octanol–water partition coefficient (Wildman–Crippen LogP) is 1.45. The molecular formula is C15H17N3O2S. The Morgan fingerprint density at radius 2 is 2.38 bits per heavy atom. The van der Waals surface area contributed by atoms with Gasteiger partial charge in [-0.15, -0.1) is 11.3 Å². The summed E-state index contributed by atoms with van der Waals surface area (Å²) in [6.45, 7) is 2.36. The van der Waals surface area contributed by atoms with E-state index in [1.807, 2.05) is 18.4 Å². The Kier molecular flexibility index (Phi) is 5.14. The minimum atomic E-state index is -0.123. The zero-order valence-electron chi connectivity index (χ0n) is 12.0. The van der Waals surface area contributed by atoms with Gasteiger partial charge in [0.2, 0.25) is 0 Å². The van der Waals surface area contributed by atoms with Crippen molar-refractivity contribution in [2.45, 2.75) is 19.9 Å². The second-order valence-electron chi connectivity index (χ2n) is 4.56. The lowest BCUT2D eigenvalue weighted by molar-refractivity contribution is 0.0950. The largest absolute Gasteiger partial charge is 0.395 e. The number of thiophene rings is 1. The number of aryl methyl sites for hydroxylation is 2. The predicted molar refractivity (Wildman–Crippen MR) is 82.0 cm³/mol. The van der Waals surface area contributed by atoms with E-state index in [0.29, 0.717) is 18.5 Å². The molecule has 0 aromatic carbocycles. The van der Waals surface area contributed by atoms with Crippen molar-refractivity contribution in [2.75, 3.05) is 6.61 Å².